The van der Waals surface area contributed by atoms with Gasteiger partial charge in [-0.2, -0.15) is 4.98 Å². The van der Waals surface area contributed by atoms with Crippen molar-refractivity contribution in [3.05, 3.63) is 40.2 Å². The number of fused-ring (bicyclic) bond motifs is 1. The lowest BCUT2D eigenvalue weighted by Gasteiger charge is -2.38. The van der Waals surface area contributed by atoms with Gasteiger partial charge in [-0.05, 0) is 30.7 Å². The van der Waals surface area contributed by atoms with E-state index in [-0.39, 0.29) is 36.0 Å². The molecule has 1 aromatic heterocycles. The molecule has 19 heteroatoms. The quantitative estimate of drug-likeness (QED) is 0.122. The number of nitrogens with zero attached hydrogens (tertiary/aromatic N) is 1. The molecule has 1 amide bonds. The zero-order valence-corrected chi connectivity index (χ0v) is 23.2. The molecule has 1 fully saturated rings. The number of carboxylic acid groups (broad SMARTS) is 2. The number of aromatic amines is 1. The average Bonchev–Trinajstić information content (AvgIpc) is 2.99. The number of nitrogen functional groups attached to an aromatic ring is 1. The van der Waals surface area contributed by atoms with Gasteiger partial charge < -0.3 is 68.1 Å². The molecule has 2 aliphatic heterocycles. The van der Waals surface area contributed by atoms with Crippen molar-refractivity contribution in [2.24, 2.45) is 5.73 Å². The molecule has 2 unspecified atom stereocenters. The molecule has 0 saturated carbocycles. The van der Waals surface area contributed by atoms with Gasteiger partial charge in [-0.3, -0.25) is 19.4 Å². The Labute approximate surface area is 249 Å². The van der Waals surface area contributed by atoms with Gasteiger partial charge in [-0.1, -0.05) is 0 Å². The Balaban J connectivity index is 0.000000369. The number of aliphatic hydroxyl groups excluding tert-OH is 4. The van der Waals surface area contributed by atoms with Crippen LogP contribution < -0.4 is 38.3 Å². The SMILES string of the molecule is N[C@H]1C(O)O[C@H](CO)[C@@H](O)[C@@H]1O.Nc1nc2c(c(=O)[nH]1)NC(CNc1ccc(C(=O)N[C@@H](CCC(=O)O)C(=O)O)cc1)CN2. The number of anilines is 4. The van der Waals surface area contributed by atoms with Crippen molar-refractivity contribution in [3.63, 3.8) is 0 Å². The summed E-state index contributed by atoms with van der Waals surface area (Å²) < 4.78 is 4.70. The van der Waals surface area contributed by atoms with Gasteiger partial charge >= 0.3 is 11.9 Å². The molecule has 3 heterocycles. The van der Waals surface area contributed by atoms with Crippen LogP contribution in [0.2, 0.25) is 0 Å². The lowest BCUT2D eigenvalue weighted by atomic mass is 9.98. The van der Waals surface area contributed by atoms with Gasteiger partial charge in [0.05, 0.1) is 18.7 Å². The third-order valence-corrected chi connectivity index (χ3v) is 6.70. The summed E-state index contributed by atoms with van der Waals surface area (Å²) in [5.74, 6) is -2.64. The Kier molecular flexibility index (Phi) is 11.8. The molecule has 1 aromatic carbocycles. The van der Waals surface area contributed by atoms with E-state index >= 15 is 0 Å². The van der Waals surface area contributed by atoms with E-state index in [4.69, 9.17) is 36.6 Å². The van der Waals surface area contributed by atoms with Crippen LogP contribution in [0.5, 0.6) is 0 Å². The fourth-order valence-electron chi connectivity index (χ4n) is 4.22. The fraction of sp³-hybridized carbons (Fsp3) is 0.480. The van der Waals surface area contributed by atoms with Crippen molar-refractivity contribution in [3.8, 4) is 0 Å². The van der Waals surface area contributed by atoms with Crippen LogP contribution in [-0.2, 0) is 14.3 Å². The number of amides is 1. The predicted molar refractivity (Wildman–Crippen MR) is 154 cm³/mol. The highest BCUT2D eigenvalue weighted by Gasteiger charge is 2.41. The summed E-state index contributed by atoms with van der Waals surface area (Å²) in [4.78, 5) is 52.6. The van der Waals surface area contributed by atoms with Crippen LogP contribution in [-0.4, -0.2) is 121 Å². The molecule has 0 bridgehead atoms. The summed E-state index contributed by atoms with van der Waals surface area (Å²) in [7, 11) is 0. The number of carbonyl (C=O) groups excluding carboxylic acids is 1. The molecule has 15 N–H and O–H groups in total. The molecule has 4 rings (SSSR count). The lowest BCUT2D eigenvalue weighted by Crippen LogP contribution is -2.61. The average molecular weight is 625 g/mol. The molecule has 1 saturated heterocycles. The highest BCUT2D eigenvalue weighted by atomic mass is 16.6. The molecule has 44 heavy (non-hydrogen) atoms. The van der Waals surface area contributed by atoms with Gasteiger partial charge in [0.15, 0.2) is 12.1 Å². The van der Waals surface area contributed by atoms with E-state index in [1.807, 2.05) is 0 Å². The van der Waals surface area contributed by atoms with Crippen molar-refractivity contribution in [2.75, 3.05) is 41.4 Å². The van der Waals surface area contributed by atoms with E-state index in [2.05, 4.69) is 31.2 Å². The number of nitrogens with one attached hydrogen (secondary N) is 5. The first-order valence-electron chi connectivity index (χ1n) is 13.4. The van der Waals surface area contributed by atoms with Crippen LogP contribution in [0.3, 0.4) is 0 Å². The number of carbonyl (C=O) groups is 3. The normalized spacial score (nSPS) is 24.7. The van der Waals surface area contributed by atoms with Gasteiger partial charge in [0.1, 0.15) is 30.0 Å². The minimum absolute atomic E-state index is 0.0281. The van der Waals surface area contributed by atoms with Crippen LogP contribution in [0.4, 0.5) is 23.1 Å². The van der Waals surface area contributed by atoms with Crippen molar-refractivity contribution in [1.29, 1.82) is 0 Å². The Morgan fingerprint density at radius 2 is 1.80 bits per heavy atom. The number of hydrogen-bond acceptors (Lipinski definition) is 15. The molecular weight excluding hydrogens is 588 g/mol. The van der Waals surface area contributed by atoms with Gasteiger partial charge in [0.2, 0.25) is 5.95 Å². The second-order valence-corrected chi connectivity index (χ2v) is 9.96. The van der Waals surface area contributed by atoms with E-state index in [9.17, 15) is 29.4 Å². The minimum Gasteiger partial charge on any atom is -0.481 e. The number of aromatic nitrogens is 2. The molecule has 242 valence electrons. The van der Waals surface area contributed by atoms with Gasteiger partial charge in [0.25, 0.3) is 11.5 Å². The highest BCUT2D eigenvalue weighted by molar-refractivity contribution is 5.97. The highest BCUT2D eigenvalue weighted by Crippen LogP contribution is 2.20. The van der Waals surface area contributed by atoms with Crippen molar-refractivity contribution >= 4 is 41.0 Å². The third-order valence-electron chi connectivity index (χ3n) is 6.70. The Hall–Kier alpha value is -4.53. The fourth-order valence-corrected chi connectivity index (χ4v) is 4.22. The second-order valence-electron chi connectivity index (χ2n) is 9.96. The summed E-state index contributed by atoms with van der Waals surface area (Å²) >= 11 is 0. The molecular formula is C25H36N8O11. The molecule has 2 aromatic rings. The maximum absolute atomic E-state index is 12.3. The topological polar surface area (TPSA) is 328 Å². The number of aliphatic carboxylic acids is 2. The van der Waals surface area contributed by atoms with E-state index in [1.54, 1.807) is 12.1 Å². The number of nitrogens with two attached hydrogens (primary N) is 2. The summed E-state index contributed by atoms with van der Waals surface area (Å²) in [6, 6.07) is 3.89. The van der Waals surface area contributed by atoms with Crippen LogP contribution in [0, 0.1) is 0 Å². The number of ether oxygens (including phenoxy) is 1. The summed E-state index contributed by atoms with van der Waals surface area (Å²) in [5, 5.41) is 65.6. The number of benzene rings is 1. The van der Waals surface area contributed by atoms with Gasteiger partial charge in [0, 0.05) is 30.8 Å². The first-order valence-corrected chi connectivity index (χ1v) is 13.4. The van der Waals surface area contributed by atoms with Gasteiger partial charge in [-0.25, -0.2) is 4.79 Å². The zero-order valence-electron chi connectivity index (χ0n) is 23.2. The molecule has 0 aliphatic carbocycles. The monoisotopic (exact) mass is 624 g/mol. The second kappa shape index (κ2) is 15.3. The molecule has 7 atom stereocenters. The number of rotatable bonds is 10. The van der Waals surface area contributed by atoms with E-state index in [1.165, 1.54) is 12.1 Å². The van der Waals surface area contributed by atoms with Crippen molar-refractivity contribution in [1.82, 2.24) is 15.3 Å². The van der Waals surface area contributed by atoms with Crippen LogP contribution in [0.1, 0.15) is 23.2 Å². The third kappa shape index (κ3) is 8.99. The van der Waals surface area contributed by atoms with Crippen molar-refractivity contribution in [2.45, 2.75) is 55.6 Å². The van der Waals surface area contributed by atoms with E-state index in [0.29, 0.717) is 30.3 Å². The largest absolute Gasteiger partial charge is 0.481 e. The van der Waals surface area contributed by atoms with Gasteiger partial charge in [-0.15, -0.1) is 0 Å². The Bertz CT molecular complexity index is 1350. The minimum atomic E-state index is -1.35. The maximum atomic E-state index is 12.3. The lowest BCUT2D eigenvalue weighted by molar-refractivity contribution is -0.248. The Morgan fingerprint density at radius 3 is 2.41 bits per heavy atom. The molecule has 0 spiro atoms. The standard InChI is InChI=1S/C19H23N7O6.C6H13NO5/c20-19-25-15-14(17(30)26-19)23-11(8-22-15)7-21-10-3-1-9(2-4-10)16(29)24-12(18(31)32)5-6-13(27)28;7-3-5(10)4(9)2(1-8)12-6(3)11/h1-4,11-12,21,23H,5-8H2,(H,24,29)(H,27,28)(H,31,32)(H4,20,22,25,26,30);2-6,8-11H,1,7H2/t11?,12-;2-,3-,4-,5-,6?/m01/s1. The number of aliphatic hydroxyl groups is 4. The first kappa shape index (κ1) is 34.0. The van der Waals surface area contributed by atoms with Crippen LogP contribution in [0.25, 0.3) is 0 Å². The summed E-state index contributed by atoms with van der Waals surface area (Å²) in [5.41, 5.74) is 11.7. The summed E-state index contributed by atoms with van der Waals surface area (Å²) in [6.45, 7) is 0.489. The Morgan fingerprint density at radius 1 is 1.11 bits per heavy atom. The summed E-state index contributed by atoms with van der Waals surface area (Å²) in [6.07, 6.45) is -5.44. The van der Waals surface area contributed by atoms with E-state index < -0.39 is 61.1 Å². The molecule has 2 aliphatic rings. The van der Waals surface area contributed by atoms with Crippen LogP contribution in [0.15, 0.2) is 29.1 Å². The first-order chi connectivity index (χ1) is 20.8. The number of carboxylic acids is 2. The maximum Gasteiger partial charge on any atom is 0.326 e. The van der Waals surface area contributed by atoms with Crippen LogP contribution >= 0.6 is 0 Å². The molecule has 19 nitrogen and oxygen atoms in total. The van der Waals surface area contributed by atoms with E-state index in [0.717, 1.165) is 0 Å². The zero-order chi connectivity index (χ0) is 32.6. The number of hydrogen-bond donors (Lipinski definition) is 13. The predicted octanol–water partition coefficient (Wildman–Crippen LogP) is -3.54. The van der Waals surface area contributed by atoms with Crippen molar-refractivity contribution < 1.29 is 49.8 Å². The molecule has 0 radical (unpaired) electrons. The number of H-pyrrole nitrogens is 1. The smallest absolute Gasteiger partial charge is 0.326 e.